The average Bonchev–Trinajstić information content (AvgIpc) is 2.65. The molecule has 0 aromatic heterocycles. The second-order valence-corrected chi connectivity index (χ2v) is 6.69. The van der Waals surface area contributed by atoms with Crippen molar-refractivity contribution in [2.45, 2.75) is 24.1 Å². The molecule has 1 aliphatic heterocycles. The summed E-state index contributed by atoms with van der Waals surface area (Å²) in [6, 6.07) is 7.59. The van der Waals surface area contributed by atoms with E-state index in [2.05, 4.69) is 28.2 Å². The molecule has 2 rings (SSSR count). The molecule has 1 fully saturated rings. The number of anilines is 1. The van der Waals surface area contributed by atoms with Crippen molar-refractivity contribution in [2.75, 3.05) is 11.1 Å². The van der Waals surface area contributed by atoms with Gasteiger partial charge in [-0.1, -0.05) is 22.9 Å². The highest BCUT2D eigenvalue weighted by molar-refractivity contribution is 9.10. The first-order valence-corrected chi connectivity index (χ1v) is 7.25. The SMILES string of the molecule is CC1CC(Nc2ccc(Br)cc2)(C(=O)O)CS1. The van der Waals surface area contributed by atoms with E-state index in [1.54, 1.807) is 11.8 Å². The molecule has 0 bridgehead atoms. The molecular formula is C12H14BrNO2S. The largest absolute Gasteiger partial charge is 0.479 e. The third-order valence-electron chi connectivity index (χ3n) is 2.89. The van der Waals surface area contributed by atoms with E-state index >= 15 is 0 Å². The molecular weight excluding hydrogens is 302 g/mol. The quantitative estimate of drug-likeness (QED) is 0.899. The van der Waals surface area contributed by atoms with Crippen LogP contribution in [0, 0.1) is 0 Å². The molecule has 1 heterocycles. The number of benzene rings is 1. The minimum atomic E-state index is -0.822. The van der Waals surface area contributed by atoms with Crippen LogP contribution in [0.3, 0.4) is 0 Å². The first-order valence-electron chi connectivity index (χ1n) is 5.41. The number of halogens is 1. The van der Waals surface area contributed by atoms with E-state index < -0.39 is 11.5 Å². The summed E-state index contributed by atoms with van der Waals surface area (Å²) >= 11 is 5.06. The summed E-state index contributed by atoms with van der Waals surface area (Å²) in [6.07, 6.45) is 0.656. The van der Waals surface area contributed by atoms with Crippen molar-refractivity contribution in [3.8, 4) is 0 Å². The molecule has 1 aliphatic rings. The first kappa shape index (κ1) is 12.8. The Morgan fingerprint density at radius 3 is 2.65 bits per heavy atom. The Kier molecular flexibility index (Phi) is 3.68. The molecule has 2 atom stereocenters. The monoisotopic (exact) mass is 315 g/mol. The molecule has 0 radical (unpaired) electrons. The van der Waals surface area contributed by atoms with E-state index in [1.807, 2.05) is 24.3 Å². The third-order valence-corrected chi connectivity index (χ3v) is 4.81. The predicted molar refractivity (Wildman–Crippen MR) is 74.7 cm³/mol. The van der Waals surface area contributed by atoms with Gasteiger partial charge in [-0.3, -0.25) is 0 Å². The molecule has 0 spiro atoms. The lowest BCUT2D eigenvalue weighted by atomic mass is 9.96. The number of rotatable bonds is 3. The van der Waals surface area contributed by atoms with E-state index in [0.717, 1.165) is 10.2 Å². The fourth-order valence-corrected chi connectivity index (χ4v) is 3.54. The fourth-order valence-electron chi connectivity index (χ4n) is 1.99. The number of carbonyl (C=O) groups is 1. The average molecular weight is 316 g/mol. The Morgan fingerprint density at radius 2 is 2.18 bits per heavy atom. The summed E-state index contributed by atoms with van der Waals surface area (Å²) in [5.74, 6) is -0.156. The van der Waals surface area contributed by atoms with Crippen molar-refractivity contribution in [1.82, 2.24) is 0 Å². The molecule has 0 saturated carbocycles. The van der Waals surface area contributed by atoms with Gasteiger partial charge < -0.3 is 10.4 Å². The van der Waals surface area contributed by atoms with Gasteiger partial charge in [0.15, 0.2) is 0 Å². The van der Waals surface area contributed by atoms with Crippen LogP contribution in [0.15, 0.2) is 28.7 Å². The van der Waals surface area contributed by atoms with E-state index in [0.29, 0.717) is 17.4 Å². The van der Waals surface area contributed by atoms with E-state index in [-0.39, 0.29) is 0 Å². The van der Waals surface area contributed by atoms with Gasteiger partial charge in [0.2, 0.25) is 0 Å². The molecule has 17 heavy (non-hydrogen) atoms. The highest BCUT2D eigenvalue weighted by atomic mass is 79.9. The minimum absolute atomic E-state index is 0.383. The number of hydrogen-bond donors (Lipinski definition) is 2. The Morgan fingerprint density at radius 1 is 1.53 bits per heavy atom. The van der Waals surface area contributed by atoms with E-state index in [9.17, 15) is 9.90 Å². The smallest absolute Gasteiger partial charge is 0.330 e. The van der Waals surface area contributed by atoms with Crippen LogP contribution in [0.5, 0.6) is 0 Å². The Bertz CT molecular complexity index is 423. The van der Waals surface area contributed by atoms with Crippen LogP contribution >= 0.6 is 27.7 Å². The van der Waals surface area contributed by atoms with E-state index in [4.69, 9.17) is 0 Å². The molecule has 3 nitrogen and oxygen atoms in total. The number of carboxylic acid groups (broad SMARTS) is 1. The maximum absolute atomic E-state index is 11.5. The van der Waals surface area contributed by atoms with Crippen molar-refractivity contribution in [2.24, 2.45) is 0 Å². The number of hydrogen-bond acceptors (Lipinski definition) is 3. The minimum Gasteiger partial charge on any atom is -0.479 e. The zero-order chi connectivity index (χ0) is 12.5. The maximum atomic E-state index is 11.5. The molecule has 1 aromatic carbocycles. The molecule has 2 N–H and O–H groups in total. The molecule has 2 unspecified atom stereocenters. The van der Waals surface area contributed by atoms with Gasteiger partial charge in [-0.25, -0.2) is 4.79 Å². The topological polar surface area (TPSA) is 49.3 Å². The normalized spacial score (nSPS) is 28.0. The second kappa shape index (κ2) is 4.90. The number of carboxylic acids is 1. The highest BCUT2D eigenvalue weighted by Gasteiger charge is 2.44. The Balaban J connectivity index is 2.19. The lowest BCUT2D eigenvalue weighted by Gasteiger charge is -2.26. The summed E-state index contributed by atoms with van der Waals surface area (Å²) in [6.45, 7) is 2.07. The van der Waals surface area contributed by atoms with Gasteiger partial charge in [-0.05, 0) is 30.7 Å². The van der Waals surface area contributed by atoms with Crippen LogP contribution in [0.25, 0.3) is 0 Å². The second-order valence-electron chi connectivity index (χ2n) is 4.34. The van der Waals surface area contributed by atoms with Crippen LogP contribution in [0.4, 0.5) is 5.69 Å². The predicted octanol–water partition coefficient (Wildman–Crippen LogP) is 3.21. The fraction of sp³-hybridized carbons (Fsp3) is 0.417. The third kappa shape index (κ3) is 2.77. The van der Waals surface area contributed by atoms with Crippen molar-refractivity contribution in [3.63, 3.8) is 0 Å². The summed E-state index contributed by atoms with van der Waals surface area (Å²) in [5.41, 5.74) is 0.0306. The Labute approximate surface area is 113 Å². The lowest BCUT2D eigenvalue weighted by molar-refractivity contribution is -0.141. The summed E-state index contributed by atoms with van der Waals surface area (Å²) in [4.78, 5) is 11.5. The van der Waals surface area contributed by atoms with Crippen LogP contribution in [0.1, 0.15) is 13.3 Å². The van der Waals surface area contributed by atoms with Crippen molar-refractivity contribution in [1.29, 1.82) is 0 Å². The van der Waals surface area contributed by atoms with Gasteiger partial charge in [-0.15, -0.1) is 0 Å². The van der Waals surface area contributed by atoms with Gasteiger partial charge in [0.05, 0.1) is 0 Å². The van der Waals surface area contributed by atoms with Crippen LogP contribution in [0.2, 0.25) is 0 Å². The molecule has 92 valence electrons. The van der Waals surface area contributed by atoms with Crippen LogP contribution in [-0.4, -0.2) is 27.6 Å². The van der Waals surface area contributed by atoms with Gasteiger partial charge >= 0.3 is 5.97 Å². The van der Waals surface area contributed by atoms with Gasteiger partial charge in [0.1, 0.15) is 5.54 Å². The number of aliphatic carboxylic acids is 1. The zero-order valence-electron chi connectivity index (χ0n) is 9.44. The lowest BCUT2D eigenvalue weighted by Crippen LogP contribution is -2.46. The summed E-state index contributed by atoms with van der Waals surface area (Å²) < 4.78 is 0.988. The van der Waals surface area contributed by atoms with Gasteiger partial charge in [0, 0.05) is 21.2 Å². The summed E-state index contributed by atoms with van der Waals surface area (Å²) in [5, 5.41) is 13.0. The van der Waals surface area contributed by atoms with Gasteiger partial charge in [0.25, 0.3) is 0 Å². The maximum Gasteiger partial charge on any atom is 0.330 e. The molecule has 0 amide bonds. The van der Waals surface area contributed by atoms with Crippen LogP contribution in [-0.2, 0) is 4.79 Å². The summed E-state index contributed by atoms with van der Waals surface area (Å²) in [7, 11) is 0. The standard InChI is InChI=1S/C12H14BrNO2S/c1-8-6-12(7-17-8,11(15)16)14-10-4-2-9(13)3-5-10/h2-5,8,14H,6-7H2,1H3,(H,15,16). The van der Waals surface area contributed by atoms with Crippen molar-refractivity contribution < 1.29 is 9.90 Å². The van der Waals surface area contributed by atoms with Gasteiger partial charge in [-0.2, -0.15) is 11.8 Å². The van der Waals surface area contributed by atoms with E-state index in [1.165, 1.54) is 0 Å². The molecule has 0 aliphatic carbocycles. The molecule has 5 heteroatoms. The first-order chi connectivity index (χ1) is 8.02. The molecule has 1 aromatic rings. The van der Waals surface area contributed by atoms with Crippen molar-refractivity contribution >= 4 is 39.3 Å². The molecule has 1 saturated heterocycles. The number of nitrogens with one attached hydrogen (secondary N) is 1. The number of thioether (sulfide) groups is 1. The van der Waals surface area contributed by atoms with Crippen LogP contribution < -0.4 is 5.32 Å². The zero-order valence-corrected chi connectivity index (χ0v) is 11.8. The highest BCUT2D eigenvalue weighted by Crippen LogP contribution is 2.37. The Hall–Kier alpha value is -0.680. The van der Waals surface area contributed by atoms with Crippen molar-refractivity contribution in [3.05, 3.63) is 28.7 Å².